The van der Waals surface area contributed by atoms with Gasteiger partial charge in [-0.25, -0.2) is 0 Å². The number of hydrogen-bond donors (Lipinski definition) is 0. The molecule has 0 radical (unpaired) electrons. The minimum absolute atomic E-state index is 0.254. The van der Waals surface area contributed by atoms with Crippen molar-refractivity contribution in [3.05, 3.63) is 62.6 Å². The molecule has 0 aliphatic carbocycles. The maximum absolute atomic E-state index is 6.56. The fourth-order valence-corrected chi connectivity index (χ4v) is 3.23. The molecule has 98 valence electrons. The molecular weight excluding hydrogens is 347 g/mol. The van der Waals surface area contributed by atoms with Gasteiger partial charge in [0.05, 0.1) is 12.0 Å². The molecule has 1 unspecified atom stereocenters. The Hall–Kier alpha value is -0.700. The smallest absolute Gasteiger partial charge is 0.122 e. The van der Waals surface area contributed by atoms with Crippen molar-refractivity contribution >= 4 is 39.1 Å². The number of fused-ring (bicyclic) bond motifs is 1. The Kier molecular flexibility index (Phi) is 3.75. The summed E-state index contributed by atoms with van der Waals surface area (Å²) in [4.78, 5) is 0. The largest absolute Gasteiger partial charge is 0.493 e. The zero-order valence-corrected chi connectivity index (χ0v) is 13.1. The number of ether oxygens (including phenoxy) is 1. The number of rotatable bonds is 2. The van der Waals surface area contributed by atoms with Crippen LogP contribution in [0, 0.1) is 0 Å². The van der Waals surface area contributed by atoms with Crippen molar-refractivity contribution in [1.29, 1.82) is 0 Å². The molecule has 0 amide bonds. The molecule has 0 aromatic heterocycles. The third kappa shape index (κ3) is 2.62. The first-order valence-electron chi connectivity index (χ1n) is 6.00. The van der Waals surface area contributed by atoms with Gasteiger partial charge in [-0.05, 0) is 41.0 Å². The monoisotopic (exact) mass is 356 g/mol. The second-order valence-corrected chi connectivity index (χ2v) is 6.25. The Balaban J connectivity index is 1.99. The van der Waals surface area contributed by atoms with Crippen molar-refractivity contribution in [2.75, 3.05) is 6.61 Å². The van der Waals surface area contributed by atoms with E-state index in [9.17, 15) is 0 Å². The van der Waals surface area contributed by atoms with Crippen LogP contribution in [-0.4, -0.2) is 6.61 Å². The van der Waals surface area contributed by atoms with E-state index in [1.165, 1.54) is 5.56 Å². The van der Waals surface area contributed by atoms with Crippen LogP contribution in [0.3, 0.4) is 0 Å². The Bertz CT molecular complexity index is 628. The van der Waals surface area contributed by atoms with Gasteiger partial charge in [-0.15, -0.1) is 11.6 Å². The minimum atomic E-state index is -0.254. The molecule has 1 atom stereocenters. The van der Waals surface area contributed by atoms with Gasteiger partial charge in [0, 0.05) is 15.9 Å². The summed E-state index contributed by atoms with van der Waals surface area (Å²) >= 11 is 16.2. The predicted octanol–water partition coefficient (Wildman–Crippen LogP) is 5.37. The van der Waals surface area contributed by atoms with Crippen LogP contribution in [0.15, 0.2) is 40.9 Å². The van der Waals surface area contributed by atoms with Gasteiger partial charge in [0.2, 0.25) is 0 Å². The summed E-state index contributed by atoms with van der Waals surface area (Å²) in [6.45, 7) is 0.753. The van der Waals surface area contributed by atoms with E-state index in [0.717, 1.165) is 34.4 Å². The van der Waals surface area contributed by atoms with Crippen LogP contribution >= 0.6 is 39.1 Å². The normalized spacial score (nSPS) is 14.9. The summed E-state index contributed by atoms with van der Waals surface area (Å²) in [5.74, 6) is 0.966. The molecule has 0 saturated carbocycles. The van der Waals surface area contributed by atoms with Crippen LogP contribution in [0.4, 0.5) is 0 Å². The maximum Gasteiger partial charge on any atom is 0.122 e. The van der Waals surface area contributed by atoms with Gasteiger partial charge < -0.3 is 4.74 Å². The van der Waals surface area contributed by atoms with Crippen LogP contribution in [0.1, 0.15) is 22.1 Å². The standard InChI is InChI=1S/C15H11BrCl2O/c16-11-2-3-13(17)12(8-11)15(18)10-1-4-14-9(7-10)5-6-19-14/h1-4,7-8,15H,5-6H2. The van der Waals surface area contributed by atoms with Crippen molar-refractivity contribution in [1.82, 2.24) is 0 Å². The molecule has 4 heteroatoms. The SMILES string of the molecule is Clc1ccc(Br)cc1C(Cl)c1ccc2c(c1)CCO2. The second kappa shape index (κ2) is 5.35. The summed E-state index contributed by atoms with van der Waals surface area (Å²) in [5, 5.41) is 0.427. The minimum Gasteiger partial charge on any atom is -0.493 e. The fourth-order valence-electron chi connectivity index (χ4n) is 2.25. The van der Waals surface area contributed by atoms with E-state index >= 15 is 0 Å². The topological polar surface area (TPSA) is 9.23 Å². The molecule has 19 heavy (non-hydrogen) atoms. The van der Waals surface area contributed by atoms with Crippen LogP contribution < -0.4 is 4.74 Å². The van der Waals surface area contributed by atoms with E-state index in [-0.39, 0.29) is 5.38 Å². The molecule has 0 bridgehead atoms. The van der Waals surface area contributed by atoms with Crippen LogP contribution in [-0.2, 0) is 6.42 Å². The molecule has 1 nitrogen and oxygen atoms in total. The van der Waals surface area contributed by atoms with Crippen molar-refractivity contribution < 1.29 is 4.74 Å². The molecule has 1 aliphatic heterocycles. The lowest BCUT2D eigenvalue weighted by Crippen LogP contribution is -1.95. The Morgan fingerprint density at radius 1 is 1.16 bits per heavy atom. The van der Waals surface area contributed by atoms with Crippen LogP contribution in [0.5, 0.6) is 5.75 Å². The first-order chi connectivity index (χ1) is 9.15. The van der Waals surface area contributed by atoms with Gasteiger partial charge in [-0.1, -0.05) is 39.7 Å². The van der Waals surface area contributed by atoms with E-state index in [0.29, 0.717) is 5.02 Å². The van der Waals surface area contributed by atoms with Gasteiger partial charge in [0.25, 0.3) is 0 Å². The lowest BCUT2D eigenvalue weighted by molar-refractivity contribution is 0.357. The average molecular weight is 358 g/mol. The number of halogens is 3. The maximum atomic E-state index is 6.56. The fraction of sp³-hybridized carbons (Fsp3) is 0.200. The Morgan fingerprint density at radius 2 is 2.00 bits per heavy atom. The molecule has 0 N–H and O–H groups in total. The lowest BCUT2D eigenvalue weighted by atomic mass is 10.0. The first-order valence-corrected chi connectivity index (χ1v) is 7.60. The zero-order valence-electron chi connectivity index (χ0n) is 10.00. The summed E-state index contributed by atoms with van der Waals surface area (Å²) < 4.78 is 6.48. The molecule has 0 saturated heterocycles. The van der Waals surface area contributed by atoms with Gasteiger partial charge in [-0.3, -0.25) is 0 Å². The zero-order chi connectivity index (χ0) is 13.4. The molecular formula is C15H11BrCl2O. The summed E-state index contributed by atoms with van der Waals surface area (Å²) in [6.07, 6.45) is 0.943. The summed E-state index contributed by atoms with van der Waals surface area (Å²) in [6, 6.07) is 11.8. The Morgan fingerprint density at radius 3 is 2.84 bits per heavy atom. The number of benzene rings is 2. The van der Waals surface area contributed by atoms with Crippen LogP contribution in [0.2, 0.25) is 5.02 Å². The Labute approximate surface area is 130 Å². The van der Waals surface area contributed by atoms with E-state index in [4.69, 9.17) is 27.9 Å². The van der Waals surface area contributed by atoms with E-state index in [1.54, 1.807) is 0 Å². The van der Waals surface area contributed by atoms with Gasteiger partial charge >= 0.3 is 0 Å². The second-order valence-electron chi connectivity index (χ2n) is 4.49. The third-order valence-electron chi connectivity index (χ3n) is 3.24. The first kappa shape index (κ1) is 13.3. The van der Waals surface area contributed by atoms with Crippen molar-refractivity contribution in [2.45, 2.75) is 11.8 Å². The highest BCUT2D eigenvalue weighted by Gasteiger charge is 2.18. The van der Waals surface area contributed by atoms with E-state index < -0.39 is 0 Å². The highest BCUT2D eigenvalue weighted by atomic mass is 79.9. The number of hydrogen-bond acceptors (Lipinski definition) is 1. The quantitative estimate of drug-likeness (QED) is 0.657. The van der Waals surface area contributed by atoms with Crippen molar-refractivity contribution in [3.63, 3.8) is 0 Å². The molecule has 0 spiro atoms. The van der Waals surface area contributed by atoms with Gasteiger partial charge in [0.15, 0.2) is 0 Å². The number of alkyl halides is 1. The van der Waals surface area contributed by atoms with Gasteiger partial charge in [-0.2, -0.15) is 0 Å². The molecule has 3 rings (SSSR count). The molecule has 1 aliphatic rings. The highest BCUT2D eigenvalue weighted by Crippen LogP contribution is 2.37. The molecule has 2 aromatic carbocycles. The van der Waals surface area contributed by atoms with Crippen LogP contribution in [0.25, 0.3) is 0 Å². The highest BCUT2D eigenvalue weighted by molar-refractivity contribution is 9.10. The molecule has 0 fully saturated rings. The average Bonchev–Trinajstić information content (AvgIpc) is 2.88. The molecule has 2 aromatic rings. The summed E-state index contributed by atoms with van der Waals surface area (Å²) in [5.41, 5.74) is 3.18. The summed E-state index contributed by atoms with van der Waals surface area (Å²) in [7, 11) is 0. The van der Waals surface area contributed by atoms with Crippen molar-refractivity contribution in [2.24, 2.45) is 0 Å². The third-order valence-corrected chi connectivity index (χ3v) is 4.56. The van der Waals surface area contributed by atoms with Gasteiger partial charge in [0.1, 0.15) is 5.75 Å². The predicted molar refractivity (Wildman–Crippen MR) is 82.5 cm³/mol. The van der Waals surface area contributed by atoms with Crippen molar-refractivity contribution in [3.8, 4) is 5.75 Å². The lowest BCUT2D eigenvalue weighted by Gasteiger charge is -2.13. The van der Waals surface area contributed by atoms with E-state index in [2.05, 4.69) is 22.0 Å². The molecule has 1 heterocycles. The van der Waals surface area contributed by atoms with E-state index in [1.807, 2.05) is 30.3 Å².